The van der Waals surface area contributed by atoms with Crippen LogP contribution in [0.15, 0.2) is 24.3 Å². The molecule has 1 N–H and O–H groups in total. The summed E-state index contributed by atoms with van der Waals surface area (Å²) in [5, 5.41) is 2.74. The monoisotopic (exact) mass is 499 g/mol. The Morgan fingerprint density at radius 2 is 1.29 bits per heavy atom. The molecule has 1 amide bonds. The number of alkyl carbamates (subject to hydrolysis) is 1. The molecule has 1 atom stereocenters. The maximum absolute atomic E-state index is 11.5. The number of hydrogen-bond acceptors (Lipinski definition) is 8. The Balaban J connectivity index is 0. The Hall–Kier alpha value is -2.84. The third kappa shape index (κ3) is 21.4. The molecule has 0 saturated carbocycles. The molecule has 0 spiro atoms. The Labute approximate surface area is 210 Å². The minimum atomic E-state index is -0.487. The molecule has 0 aliphatic heterocycles. The van der Waals surface area contributed by atoms with Crippen LogP contribution in [-0.2, 0) is 33.3 Å². The van der Waals surface area contributed by atoms with E-state index in [1.165, 1.54) is 0 Å². The van der Waals surface area contributed by atoms with Gasteiger partial charge in [0.2, 0.25) is 0 Å². The quantitative estimate of drug-likeness (QED) is 0.149. The van der Waals surface area contributed by atoms with Crippen LogP contribution in [-0.4, -0.2) is 57.0 Å². The summed E-state index contributed by atoms with van der Waals surface area (Å²) in [6.45, 7) is 21.3. The zero-order chi connectivity index (χ0) is 27.4. The molecule has 0 aliphatic rings. The van der Waals surface area contributed by atoms with Gasteiger partial charge in [0, 0.05) is 24.1 Å². The third-order valence-electron chi connectivity index (χ3n) is 4.59. The fourth-order valence-corrected chi connectivity index (χ4v) is 2.60. The number of hydrogen-bond donors (Lipinski definition) is 1. The molecule has 0 bridgehead atoms. The zero-order valence-electron chi connectivity index (χ0n) is 22.6. The van der Waals surface area contributed by atoms with Crippen LogP contribution in [0.1, 0.15) is 74.1 Å². The molecule has 0 heterocycles. The van der Waals surface area contributed by atoms with Gasteiger partial charge in [-0.3, -0.25) is 4.79 Å². The van der Waals surface area contributed by atoms with Crippen LogP contribution in [0.25, 0.3) is 0 Å². The second-order valence-electron chi connectivity index (χ2n) is 9.17. The summed E-state index contributed by atoms with van der Waals surface area (Å²) in [6, 6.07) is 0. The van der Waals surface area contributed by atoms with Crippen molar-refractivity contribution in [1.29, 1.82) is 0 Å². The second-order valence-corrected chi connectivity index (χ2v) is 9.17. The summed E-state index contributed by atoms with van der Waals surface area (Å²) >= 11 is 0. The normalized spacial score (nSPS) is 11.2. The van der Waals surface area contributed by atoms with E-state index in [-0.39, 0.29) is 37.8 Å². The van der Waals surface area contributed by atoms with Gasteiger partial charge in [0.05, 0.1) is 0 Å². The number of nitrogens with one attached hydrogen (secondary N) is 1. The highest BCUT2D eigenvalue weighted by atomic mass is 16.6. The molecule has 0 aliphatic carbocycles. The molecule has 9 heteroatoms. The van der Waals surface area contributed by atoms with E-state index in [9.17, 15) is 19.2 Å². The van der Waals surface area contributed by atoms with Crippen molar-refractivity contribution in [2.75, 3.05) is 33.0 Å². The van der Waals surface area contributed by atoms with E-state index in [0.29, 0.717) is 30.0 Å². The van der Waals surface area contributed by atoms with Gasteiger partial charge in [0.25, 0.3) is 0 Å². The molecule has 0 aromatic heterocycles. The molecule has 1 unspecified atom stereocenters. The molecule has 0 aromatic rings. The van der Waals surface area contributed by atoms with Gasteiger partial charge in [-0.1, -0.05) is 54.2 Å². The summed E-state index contributed by atoms with van der Waals surface area (Å²) in [4.78, 5) is 44.3. The van der Waals surface area contributed by atoms with Crippen LogP contribution in [0.4, 0.5) is 4.79 Å². The number of ether oxygens (including phenoxy) is 4. The van der Waals surface area contributed by atoms with Crippen molar-refractivity contribution >= 4 is 24.0 Å². The van der Waals surface area contributed by atoms with E-state index >= 15 is 0 Å². The van der Waals surface area contributed by atoms with Crippen molar-refractivity contribution in [2.24, 2.45) is 11.3 Å². The molecule has 0 fully saturated rings. The van der Waals surface area contributed by atoms with Crippen molar-refractivity contribution in [2.45, 2.75) is 74.1 Å². The second kappa shape index (κ2) is 19.5. The SMILES string of the molecule is C=C(C)C(=O)OCCOC(=O)CCC.C=C(C)C(=O)OCCOC(=O)NCC(C)(C)CC(C)CC. The van der Waals surface area contributed by atoms with Gasteiger partial charge in [-0.05, 0) is 38.0 Å². The van der Waals surface area contributed by atoms with Crippen LogP contribution in [0.2, 0.25) is 0 Å². The number of amides is 1. The lowest BCUT2D eigenvalue weighted by Crippen LogP contribution is -2.35. The van der Waals surface area contributed by atoms with Gasteiger partial charge in [-0.15, -0.1) is 0 Å². The highest BCUT2D eigenvalue weighted by Gasteiger charge is 2.21. The summed E-state index contributed by atoms with van der Waals surface area (Å²) in [5.41, 5.74) is 0.692. The highest BCUT2D eigenvalue weighted by molar-refractivity contribution is 5.87. The van der Waals surface area contributed by atoms with Crippen molar-refractivity contribution in [3.63, 3.8) is 0 Å². The average molecular weight is 500 g/mol. The molecule has 0 rings (SSSR count). The third-order valence-corrected chi connectivity index (χ3v) is 4.59. The topological polar surface area (TPSA) is 117 Å². The number of carbonyl (C=O) groups is 4. The summed E-state index contributed by atoms with van der Waals surface area (Å²) in [6.07, 6.45) is 2.83. The Morgan fingerprint density at radius 3 is 1.71 bits per heavy atom. The van der Waals surface area contributed by atoms with Crippen LogP contribution >= 0.6 is 0 Å². The molecule has 0 saturated heterocycles. The van der Waals surface area contributed by atoms with E-state index in [1.807, 2.05) is 6.92 Å². The molecule has 9 nitrogen and oxygen atoms in total. The molecule has 0 aromatic carbocycles. The first-order valence-corrected chi connectivity index (χ1v) is 12.0. The Kier molecular flexibility index (Phi) is 19.1. The molecular formula is C26H45NO8. The minimum Gasteiger partial charge on any atom is -0.462 e. The fraction of sp³-hybridized carbons (Fsp3) is 0.692. The predicted molar refractivity (Wildman–Crippen MR) is 135 cm³/mol. The number of rotatable bonds is 15. The van der Waals surface area contributed by atoms with Crippen molar-refractivity contribution in [3.8, 4) is 0 Å². The average Bonchev–Trinajstić information content (AvgIpc) is 2.78. The highest BCUT2D eigenvalue weighted by Crippen LogP contribution is 2.26. The first-order chi connectivity index (χ1) is 16.3. The Morgan fingerprint density at radius 1 is 0.829 bits per heavy atom. The van der Waals surface area contributed by atoms with Gasteiger partial charge in [-0.2, -0.15) is 0 Å². The minimum absolute atomic E-state index is 0.0286. The maximum atomic E-state index is 11.5. The van der Waals surface area contributed by atoms with Gasteiger partial charge in [-0.25, -0.2) is 14.4 Å². The summed E-state index contributed by atoms with van der Waals surface area (Å²) < 4.78 is 19.2. The van der Waals surface area contributed by atoms with Crippen molar-refractivity contribution in [1.82, 2.24) is 5.32 Å². The maximum Gasteiger partial charge on any atom is 0.407 e. The largest absolute Gasteiger partial charge is 0.462 e. The van der Waals surface area contributed by atoms with Crippen LogP contribution in [0.3, 0.4) is 0 Å². The molecular weight excluding hydrogens is 454 g/mol. The van der Waals surface area contributed by atoms with Gasteiger partial charge < -0.3 is 24.3 Å². The number of carbonyl (C=O) groups excluding carboxylic acids is 4. The lowest BCUT2D eigenvalue weighted by Gasteiger charge is -2.27. The van der Waals surface area contributed by atoms with E-state index in [0.717, 1.165) is 19.3 Å². The first-order valence-electron chi connectivity index (χ1n) is 12.0. The fourth-order valence-electron chi connectivity index (χ4n) is 2.60. The molecule has 35 heavy (non-hydrogen) atoms. The summed E-state index contributed by atoms with van der Waals surface area (Å²) in [7, 11) is 0. The lowest BCUT2D eigenvalue weighted by atomic mass is 9.82. The van der Waals surface area contributed by atoms with Gasteiger partial charge in [0.15, 0.2) is 0 Å². The van der Waals surface area contributed by atoms with E-state index in [1.54, 1.807) is 13.8 Å². The van der Waals surface area contributed by atoms with Crippen LogP contribution < -0.4 is 5.32 Å². The van der Waals surface area contributed by atoms with E-state index in [2.05, 4.69) is 46.2 Å². The van der Waals surface area contributed by atoms with E-state index in [4.69, 9.17) is 18.9 Å². The van der Waals surface area contributed by atoms with Gasteiger partial charge >= 0.3 is 24.0 Å². The smallest absolute Gasteiger partial charge is 0.407 e. The molecule has 202 valence electrons. The van der Waals surface area contributed by atoms with E-state index < -0.39 is 18.0 Å². The number of esters is 3. The molecule has 0 radical (unpaired) electrons. The van der Waals surface area contributed by atoms with Crippen LogP contribution in [0, 0.1) is 11.3 Å². The summed E-state index contributed by atoms with van der Waals surface area (Å²) in [5.74, 6) is -0.580. The Bertz CT molecular complexity index is 699. The van der Waals surface area contributed by atoms with Gasteiger partial charge in [0.1, 0.15) is 26.4 Å². The van der Waals surface area contributed by atoms with Crippen molar-refractivity contribution in [3.05, 3.63) is 24.3 Å². The lowest BCUT2D eigenvalue weighted by molar-refractivity contribution is -0.150. The van der Waals surface area contributed by atoms with Crippen molar-refractivity contribution < 1.29 is 38.1 Å². The zero-order valence-corrected chi connectivity index (χ0v) is 22.6. The standard InChI is InChI=1S/C16H29NO4.C10H16O4/c1-7-13(4)10-16(5,6)11-17-15(19)21-9-8-20-14(18)12(2)3;1-4-5-9(11)13-6-7-14-10(12)8(2)3/h13H,2,7-11H2,1,3-6H3,(H,17,19);2,4-7H2,1,3H3. The van der Waals surface area contributed by atoms with Crippen LogP contribution in [0.5, 0.6) is 0 Å². The first kappa shape index (κ1) is 34.3. The predicted octanol–water partition coefficient (Wildman–Crippen LogP) is 4.74.